The topological polar surface area (TPSA) is 118 Å². The van der Waals surface area contributed by atoms with E-state index in [9.17, 15) is 9.90 Å². The second-order valence-electron chi connectivity index (χ2n) is 10.0. The minimum absolute atomic E-state index is 0. The number of carbonyl (C=O) groups excluding carboxylic acids is 1. The van der Waals surface area contributed by atoms with Gasteiger partial charge in [-0.05, 0) is 79.1 Å². The molecule has 2 atom stereocenters. The molecule has 11 heteroatoms. The monoisotopic (exact) mass is 605 g/mol. The van der Waals surface area contributed by atoms with Crippen LogP contribution in [0.3, 0.4) is 0 Å². The first-order valence-electron chi connectivity index (χ1n) is 13.5. The van der Waals surface area contributed by atoms with Crippen LogP contribution in [-0.4, -0.2) is 47.6 Å². The molecule has 2 aromatic heterocycles. The second-order valence-corrected chi connectivity index (χ2v) is 10.8. The average molecular weight is 606 g/mol. The van der Waals surface area contributed by atoms with E-state index in [4.69, 9.17) is 25.2 Å². The summed E-state index contributed by atoms with van der Waals surface area (Å²) in [6.45, 7) is 0. The predicted octanol–water partition coefficient (Wildman–Crippen LogP) is 1.98. The molecule has 2 heterocycles. The van der Waals surface area contributed by atoms with Crippen molar-refractivity contribution in [2.24, 2.45) is 5.73 Å². The van der Waals surface area contributed by atoms with Gasteiger partial charge in [0.2, 0.25) is 0 Å². The number of allylic oxidation sites excluding steroid dienone is 1. The van der Waals surface area contributed by atoms with E-state index in [1.165, 1.54) is 0 Å². The first kappa shape index (κ1) is 32.0. The Labute approximate surface area is 256 Å². The molecule has 0 aliphatic heterocycles. The van der Waals surface area contributed by atoms with Crippen molar-refractivity contribution in [1.29, 1.82) is 0 Å². The third-order valence-electron chi connectivity index (χ3n) is 7.34. The maximum atomic E-state index is 10.6. The first-order valence-corrected chi connectivity index (χ1v) is 14.3. The summed E-state index contributed by atoms with van der Waals surface area (Å²) in [5, 5.41) is 10.6. The number of fused-ring (bicyclic) bond motifs is 1. The molecule has 0 spiro atoms. The molecule has 0 amide bonds. The largest absolute Gasteiger partial charge is 1.00 e. The SMILES string of the molecule is COc1ccc(N(C)c2ncc(/C=C/CCCCCC(=O)[O-])n3c([C@@H]4CCC[C@@H](N)C4)nc(Br)c23)c(OC)c1.[Li+]. The summed E-state index contributed by atoms with van der Waals surface area (Å²) in [4.78, 5) is 22.5. The number of carboxylic acids is 1. The van der Waals surface area contributed by atoms with E-state index in [-0.39, 0.29) is 37.2 Å². The zero-order valence-corrected chi connectivity index (χ0v) is 25.4. The minimum Gasteiger partial charge on any atom is -0.550 e. The Hall–Kier alpha value is -2.51. The quantitative estimate of drug-likeness (QED) is 0.246. The number of anilines is 2. The Balaban J connectivity index is 0.00000441. The van der Waals surface area contributed by atoms with E-state index >= 15 is 0 Å². The summed E-state index contributed by atoms with van der Waals surface area (Å²) < 4.78 is 14.0. The van der Waals surface area contributed by atoms with Crippen molar-refractivity contribution in [3.63, 3.8) is 0 Å². The number of halogens is 1. The smallest absolute Gasteiger partial charge is 0.550 e. The van der Waals surface area contributed by atoms with Crippen LogP contribution in [0.4, 0.5) is 11.5 Å². The van der Waals surface area contributed by atoms with Crippen LogP contribution >= 0.6 is 15.9 Å². The van der Waals surface area contributed by atoms with Crippen molar-refractivity contribution >= 4 is 45.0 Å². The molecule has 40 heavy (non-hydrogen) atoms. The molecular weight excluding hydrogens is 569 g/mol. The third kappa shape index (κ3) is 7.41. The van der Waals surface area contributed by atoms with Crippen LogP contribution < -0.4 is 44.1 Å². The van der Waals surface area contributed by atoms with E-state index in [0.29, 0.717) is 17.9 Å². The molecule has 1 aliphatic carbocycles. The summed E-state index contributed by atoms with van der Waals surface area (Å²) in [5.74, 6) is 2.37. The first-order chi connectivity index (χ1) is 18.8. The number of aromatic nitrogens is 3. The van der Waals surface area contributed by atoms with Gasteiger partial charge in [0.25, 0.3) is 0 Å². The number of aliphatic carboxylic acids is 1. The average Bonchev–Trinajstić information content (AvgIpc) is 3.29. The van der Waals surface area contributed by atoms with Crippen LogP contribution in [0.1, 0.15) is 75.2 Å². The van der Waals surface area contributed by atoms with Gasteiger partial charge in [-0.2, -0.15) is 0 Å². The summed E-state index contributed by atoms with van der Waals surface area (Å²) in [6, 6.07) is 5.88. The number of hydrogen-bond donors (Lipinski definition) is 1. The van der Waals surface area contributed by atoms with Gasteiger partial charge in [0.05, 0.1) is 31.8 Å². The van der Waals surface area contributed by atoms with E-state index in [1.54, 1.807) is 14.2 Å². The van der Waals surface area contributed by atoms with Gasteiger partial charge in [-0.3, -0.25) is 4.40 Å². The van der Waals surface area contributed by atoms with Gasteiger partial charge in [0.15, 0.2) is 5.82 Å². The second kappa shape index (κ2) is 14.9. The number of rotatable bonds is 12. The number of ether oxygens (including phenoxy) is 2. The van der Waals surface area contributed by atoms with Crippen LogP contribution in [0, 0.1) is 0 Å². The molecule has 1 aromatic carbocycles. The fraction of sp³-hybridized carbons (Fsp3) is 0.483. The van der Waals surface area contributed by atoms with Crippen molar-refractivity contribution in [2.45, 2.75) is 69.7 Å². The zero-order valence-electron chi connectivity index (χ0n) is 23.9. The van der Waals surface area contributed by atoms with Gasteiger partial charge < -0.3 is 30.0 Å². The maximum absolute atomic E-state index is 10.6. The molecule has 0 bridgehead atoms. The Morgan fingerprint density at radius 2 is 2.05 bits per heavy atom. The molecule has 1 aliphatic rings. The number of carboxylic acid groups (broad SMARTS) is 1. The summed E-state index contributed by atoms with van der Waals surface area (Å²) in [5.41, 5.74) is 9.03. The van der Waals surface area contributed by atoms with Gasteiger partial charge in [-0.15, -0.1) is 0 Å². The van der Waals surface area contributed by atoms with Crippen LogP contribution in [-0.2, 0) is 4.79 Å². The number of imidazole rings is 1. The molecule has 0 saturated heterocycles. The fourth-order valence-corrected chi connectivity index (χ4v) is 5.83. The van der Waals surface area contributed by atoms with E-state index in [2.05, 4.69) is 32.5 Å². The molecule has 0 unspecified atom stereocenters. The number of unbranched alkanes of at least 4 members (excludes halogenated alkanes) is 3. The van der Waals surface area contributed by atoms with Gasteiger partial charge >= 0.3 is 18.9 Å². The number of hydrogen-bond acceptors (Lipinski definition) is 8. The summed E-state index contributed by atoms with van der Waals surface area (Å²) in [7, 11) is 5.23. The zero-order chi connectivity index (χ0) is 27.9. The molecule has 9 nitrogen and oxygen atoms in total. The van der Waals surface area contributed by atoms with Crippen LogP contribution in [0.15, 0.2) is 35.1 Å². The Morgan fingerprint density at radius 1 is 1.25 bits per heavy atom. The van der Waals surface area contributed by atoms with Gasteiger partial charge in [0, 0.05) is 31.0 Å². The molecule has 1 fully saturated rings. The van der Waals surface area contributed by atoms with Gasteiger partial charge in [-0.1, -0.05) is 18.9 Å². The standard InChI is InChI=1S/C29H38BrN5O4.Li/c1-34(23-15-14-22(38-2)17-24(23)39-3)29-26-27(30)33-28(19-10-9-11-20(31)16-19)35(26)21(18-32-29)12-7-5-4-6-8-13-25(36)37;/h7,12,14-15,17-20H,4-6,8-11,13,16,31H2,1-3H3,(H,36,37);/q;+1/p-1/b12-7+;/t19-,20-;/m1./s1. The molecule has 4 rings (SSSR count). The number of benzene rings is 1. The molecule has 210 valence electrons. The maximum Gasteiger partial charge on any atom is 1.00 e. The molecule has 2 N–H and O–H groups in total. The Morgan fingerprint density at radius 3 is 2.75 bits per heavy atom. The molecule has 1 saturated carbocycles. The van der Waals surface area contributed by atoms with Gasteiger partial charge in [0.1, 0.15) is 27.4 Å². The number of nitrogens with two attached hydrogens (primary N) is 1. The van der Waals surface area contributed by atoms with E-state index in [0.717, 1.165) is 78.1 Å². The van der Waals surface area contributed by atoms with Crippen molar-refractivity contribution in [1.82, 2.24) is 14.4 Å². The Bertz CT molecular complexity index is 1330. The molecule has 0 radical (unpaired) electrons. The van der Waals surface area contributed by atoms with Crippen LogP contribution in [0.5, 0.6) is 11.5 Å². The number of nitrogens with zero attached hydrogens (tertiary/aromatic N) is 4. The minimum atomic E-state index is -0.989. The van der Waals surface area contributed by atoms with Gasteiger partial charge in [-0.25, -0.2) is 9.97 Å². The molecule has 3 aromatic rings. The van der Waals surface area contributed by atoms with Crippen molar-refractivity contribution in [3.05, 3.63) is 46.6 Å². The van der Waals surface area contributed by atoms with Crippen molar-refractivity contribution < 1.29 is 38.2 Å². The van der Waals surface area contributed by atoms with Crippen molar-refractivity contribution in [2.75, 3.05) is 26.2 Å². The van der Waals surface area contributed by atoms with Crippen LogP contribution in [0.2, 0.25) is 0 Å². The third-order valence-corrected chi connectivity index (χ3v) is 7.89. The van der Waals surface area contributed by atoms with Crippen LogP contribution in [0.25, 0.3) is 11.6 Å². The van der Waals surface area contributed by atoms with E-state index < -0.39 is 5.97 Å². The summed E-state index contributed by atoms with van der Waals surface area (Å²) >= 11 is 3.75. The normalized spacial score (nSPS) is 17.1. The van der Waals surface area contributed by atoms with E-state index in [1.807, 2.05) is 36.3 Å². The number of methoxy groups -OCH3 is 2. The fourth-order valence-electron chi connectivity index (χ4n) is 5.30. The molecular formula is C29H37BrLiN5O4. The number of carbonyl (C=O) groups is 1. The van der Waals surface area contributed by atoms with Crippen molar-refractivity contribution in [3.8, 4) is 11.5 Å². The summed E-state index contributed by atoms with van der Waals surface area (Å²) in [6.07, 6.45) is 13.5. The Kier molecular flexibility index (Phi) is 11.9. The predicted molar refractivity (Wildman–Crippen MR) is 155 cm³/mol.